The van der Waals surface area contributed by atoms with Crippen LogP contribution in [0.2, 0.25) is 0 Å². The number of carboxylic acids is 1. The maximum absolute atomic E-state index is 11.6. The van der Waals surface area contributed by atoms with E-state index in [0.29, 0.717) is 25.9 Å². The Balaban J connectivity index is 2.34. The highest BCUT2D eigenvalue weighted by Crippen LogP contribution is 2.15. The van der Waals surface area contributed by atoms with Crippen molar-refractivity contribution in [1.82, 2.24) is 4.31 Å². The number of sulfonamides is 1. The number of hydrogen-bond acceptors (Lipinski definition) is 3. The summed E-state index contributed by atoms with van der Waals surface area (Å²) in [4.78, 5) is 10.6. The van der Waals surface area contributed by atoms with E-state index in [4.69, 9.17) is 5.11 Å². The van der Waals surface area contributed by atoms with E-state index in [-0.39, 0.29) is 5.75 Å². The molecule has 6 heteroatoms. The van der Waals surface area contributed by atoms with Crippen LogP contribution in [0, 0.1) is 5.92 Å². The van der Waals surface area contributed by atoms with Crippen molar-refractivity contribution in [3.63, 3.8) is 0 Å². The second kappa shape index (κ2) is 5.63. The fourth-order valence-electron chi connectivity index (χ4n) is 1.79. The first kappa shape index (κ1) is 13.4. The third-order valence-electron chi connectivity index (χ3n) is 2.92. The first-order valence-corrected chi connectivity index (χ1v) is 7.25. The Kier molecular flexibility index (Phi) is 4.73. The molecule has 0 amide bonds. The molecule has 1 saturated heterocycles. The third kappa shape index (κ3) is 3.75. The molecule has 0 aliphatic carbocycles. The van der Waals surface area contributed by atoms with Crippen LogP contribution in [-0.2, 0) is 14.8 Å². The Bertz CT molecular complexity index is 339. The maximum Gasteiger partial charge on any atom is 0.306 e. The SMILES string of the molecule is CC(CCCN1CCCCS1(=O)=O)C(=O)O. The van der Waals surface area contributed by atoms with Crippen molar-refractivity contribution in [2.75, 3.05) is 18.8 Å². The summed E-state index contributed by atoms with van der Waals surface area (Å²) in [6.45, 7) is 2.69. The minimum Gasteiger partial charge on any atom is -0.481 e. The van der Waals surface area contributed by atoms with Gasteiger partial charge in [-0.25, -0.2) is 12.7 Å². The summed E-state index contributed by atoms with van der Waals surface area (Å²) in [5.74, 6) is -0.976. The van der Waals surface area contributed by atoms with Gasteiger partial charge in [0.05, 0.1) is 11.7 Å². The average molecular weight is 249 g/mol. The van der Waals surface area contributed by atoms with Crippen LogP contribution in [-0.4, -0.2) is 42.6 Å². The second-order valence-corrected chi connectivity index (χ2v) is 6.39. The molecule has 1 unspecified atom stereocenters. The normalized spacial score (nSPS) is 22.8. The Labute approximate surface area is 96.5 Å². The summed E-state index contributed by atoms with van der Waals surface area (Å²) in [5, 5.41) is 8.69. The number of carboxylic acid groups (broad SMARTS) is 1. The molecule has 0 saturated carbocycles. The zero-order valence-corrected chi connectivity index (χ0v) is 10.4. The Morgan fingerprint density at radius 2 is 2.12 bits per heavy atom. The molecule has 1 atom stereocenters. The van der Waals surface area contributed by atoms with Gasteiger partial charge in [0.15, 0.2) is 0 Å². The van der Waals surface area contributed by atoms with Gasteiger partial charge in [-0.15, -0.1) is 0 Å². The monoisotopic (exact) mass is 249 g/mol. The molecule has 5 nitrogen and oxygen atoms in total. The summed E-state index contributed by atoms with van der Waals surface area (Å²) in [7, 11) is -3.06. The van der Waals surface area contributed by atoms with E-state index < -0.39 is 21.9 Å². The molecule has 16 heavy (non-hydrogen) atoms. The van der Waals surface area contributed by atoms with Gasteiger partial charge in [-0.2, -0.15) is 0 Å². The molecule has 0 bridgehead atoms. The number of aliphatic carboxylic acids is 1. The quantitative estimate of drug-likeness (QED) is 0.786. The van der Waals surface area contributed by atoms with Gasteiger partial charge >= 0.3 is 5.97 Å². The van der Waals surface area contributed by atoms with Gasteiger partial charge in [-0.3, -0.25) is 4.79 Å². The Morgan fingerprint density at radius 1 is 1.44 bits per heavy atom. The lowest BCUT2D eigenvalue weighted by molar-refractivity contribution is -0.141. The van der Waals surface area contributed by atoms with Crippen LogP contribution in [0.3, 0.4) is 0 Å². The lowest BCUT2D eigenvalue weighted by Crippen LogP contribution is -2.38. The zero-order chi connectivity index (χ0) is 12.2. The molecule has 0 aromatic rings. The van der Waals surface area contributed by atoms with Gasteiger partial charge in [0.25, 0.3) is 0 Å². The molecule has 94 valence electrons. The number of hydrogen-bond donors (Lipinski definition) is 1. The van der Waals surface area contributed by atoms with E-state index in [2.05, 4.69) is 0 Å². The molecule has 0 radical (unpaired) electrons. The first-order valence-electron chi connectivity index (χ1n) is 5.64. The first-order chi connectivity index (χ1) is 7.43. The molecule has 1 fully saturated rings. The summed E-state index contributed by atoms with van der Waals surface area (Å²) in [5.41, 5.74) is 0. The molecule has 1 heterocycles. The molecule has 0 aromatic carbocycles. The molecule has 0 aromatic heterocycles. The molecule has 0 spiro atoms. The van der Waals surface area contributed by atoms with Crippen molar-refractivity contribution in [2.45, 2.75) is 32.6 Å². The highest BCUT2D eigenvalue weighted by molar-refractivity contribution is 7.89. The van der Waals surface area contributed by atoms with Crippen LogP contribution < -0.4 is 0 Å². The van der Waals surface area contributed by atoms with Crippen LogP contribution >= 0.6 is 0 Å². The van der Waals surface area contributed by atoms with E-state index >= 15 is 0 Å². The molecule has 1 aliphatic rings. The summed E-state index contributed by atoms with van der Waals surface area (Å²) in [6.07, 6.45) is 2.80. The van der Waals surface area contributed by atoms with Gasteiger partial charge in [-0.05, 0) is 25.7 Å². The van der Waals surface area contributed by atoms with Gasteiger partial charge in [-0.1, -0.05) is 6.92 Å². The summed E-state index contributed by atoms with van der Waals surface area (Å²) in [6, 6.07) is 0. The van der Waals surface area contributed by atoms with Gasteiger partial charge in [0.2, 0.25) is 10.0 Å². The summed E-state index contributed by atoms with van der Waals surface area (Å²) >= 11 is 0. The van der Waals surface area contributed by atoms with Crippen molar-refractivity contribution in [3.05, 3.63) is 0 Å². The number of nitrogens with zero attached hydrogens (tertiary/aromatic N) is 1. The molecular formula is C10H19NO4S. The highest BCUT2D eigenvalue weighted by atomic mass is 32.2. The van der Waals surface area contributed by atoms with Crippen molar-refractivity contribution in [3.8, 4) is 0 Å². The average Bonchev–Trinajstić information content (AvgIpc) is 2.19. The van der Waals surface area contributed by atoms with Crippen molar-refractivity contribution < 1.29 is 18.3 Å². The molecule has 1 N–H and O–H groups in total. The van der Waals surface area contributed by atoms with Gasteiger partial charge < -0.3 is 5.11 Å². The lowest BCUT2D eigenvalue weighted by Gasteiger charge is -2.26. The minimum absolute atomic E-state index is 0.238. The van der Waals surface area contributed by atoms with E-state index in [1.54, 1.807) is 6.92 Å². The van der Waals surface area contributed by atoms with E-state index in [1.165, 1.54) is 4.31 Å². The predicted molar refractivity (Wildman–Crippen MR) is 60.6 cm³/mol. The molecular weight excluding hydrogens is 230 g/mol. The standard InChI is InChI=1S/C10H19NO4S/c1-9(10(12)13)5-4-7-11-6-2-3-8-16(11,14)15/h9H,2-8H2,1H3,(H,12,13). The number of rotatable bonds is 5. The van der Waals surface area contributed by atoms with E-state index in [9.17, 15) is 13.2 Å². The molecule has 1 rings (SSSR count). The maximum atomic E-state index is 11.6. The second-order valence-electron chi connectivity index (χ2n) is 4.30. The minimum atomic E-state index is -3.06. The third-order valence-corrected chi connectivity index (χ3v) is 4.88. The topological polar surface area (TPSA) is 74.7 Å². The van der Waals surface area contributed by atoms with E-state index in [0.717, 1.165) is 12.8 Å². The van der Waals surface area contributed by atoms with Crippen molar-refractivity contribution in [2.24, 2.45) is 5.92 Å². The largest absolute Gasteiger partial charge is 0.481 e. The number of carbonyl (C=O) groups is 1. The fourth-order valence-corrected chi connectivity index (χ4v) is 3.43. The lowest BCUT2D eigenvalue weighted by atomic mass is 10.1. The predicted octanol–water partition coefficient (Wildman–Crippen LogP) is 0.913. The summed E-state index contributed by atoms with van der Waals surface area (Å²) < 4.78 is 24.7. The Morgan fingerprint density at radius 3 is 2.69 bits per heavy atom. The molecule has 1 aliphatic heterocycles. The van der Waals surface area contributed by atoms with Crippen molar-refractivity contribution in [1.29, 1.82) is 0 Å². The smallest absolute Gasteiger partial charge is 0.306 e. The van der Waals surface area contributed by atoms with Gasteiger partial charge in [0.1, 0.15) is 0 Å². The zero-order valence-electron chi connectivity index (χ0n) is 9.55. The van der Waals surface area contributed by atoms with Crippen LogP contribution in [0.25, 0.3) is 0 Å². The van der Waals surface area contributed by atoms with Crippen LogP contribution in [0.15, 0.2) is 0 Å². The van der Waals surface area contributed by atoms with Crippen LogP contribution in [0.5, 0.6) is 0 Å². The van der Waals surface area contributed by atoms with Crippen molar-refractivity contribution >= 4 is 16.0 Å². The van der Waals surface area contributed by atoms with Crippen LogP contribution in [0.1, 0.15) is 32.6 Å². The van der Waals surface area contributed by atoms with Gasteiger partial charge in [0, 0.05) is 13.1 Å². The Hall–Kier alpha value is -0.620. The fraction of sp³-hybridized carbons (Fsp3) is 0.900. The van der Waals surface area contributed by atoms with Crippen LogP contribution in [0.4, 0.5) is 0 Å². The van der Waals surface area contributed by atoms with E-state index in [1.807, 2.05) is 0 Å². The highest BCUT2D eigenvalue weighted by Gasteiger charge is 2.25.